The van der Waals surface area contributed by atoms with Crippen LogP contribution in [-0.4, -0.2) is 32.4 Å². The second-order valence-electron chi connectivity index (χ2n) is 2.81. The fourth-order valence-corrected chi connectivity index (χ4v) is 1.96. The van der Waals surface area contributed by atoms with Crippen LogP contribution < -0.4 is 5.73 Å². The largest absolute Gasteiger partial charge is 0.394 e. The third kappa shape index (κ3) is 3.06. The van der Waals surface area contributed by atoms with E-state index in [9.17, 15) is 0 Å². The van der Waals surface area contributed by atoms with E-state index < -0.39 is 5.54 Å². The maximum Gasteiger partial charge on any atom is 0.169 e. The highest BCUT2D eigenvalue weighted by Gasteiger charge is 2.17. The minimum atomic E-state index is -0.531. The number of aliphatic hydroxyl groups is 1. The second kappa shape index (κ2) is 4.18. The van der Waals surface area contributed by atoms with Crippen molar-refractivity contribution in [3.8, 4) is 0 Å². The van der Waals surface area contributed by atoms with E-state index in [4.69, 9.17) is 10.8 Å². The van der Waals surface area contributed by atoms with Crippen LogP contribution in [0.2, 0.25) is 0 Å². The van der Waals surface area contributed by atoms with Crippen molar-refractivity contribution in [3.63, 3.8) is 0 Å². The lowest BCUT2D eigenvalue weighted by Crippen LogP contribution is -2.42. The summed E-state index contributed by atoms with van der Waals surface area (Å²) >= 11 is 2.86. The molecule has 1 aromatic heterocycles. The highest BCUT2D eigenvalue weighted by atomic mass is 32.2. The average Bonchev–Trinajstić information content (AvgIpc) is 2.53. The molecule has 1 rings (SSSR count). The summed E-state index contributed by atoms with van der Waals surface area (Å²) in [4.78, 5) is 3.99. The van der Waals surface area contributed by atoms with Crippen LogP contribution in [0, 0.1) is 0 Å². The molecule has 1 heterocycles. The molecule has 0 fully saturated rings. The van der Waals surface area contributed by atoms with Gasteiger partial charge in [-0.2, -0.15) is 4.37 Å². The lowest BCUT2D eigenvalue weighted by molar-refractivity contribution is 0.224. The van der Waals surface area contributed by atoms with E-state index in [2.05, 4.69) is 9.36 Å². The molecule has 0 saturated carbocycles. The average molecular weight is 205 g/mol. The van der Waals surface area contributed by atoms with E-state index in [0.717, 1.165) is 4.34 Å². The summed E-state index contributed by atoms with van der Waals surface area (Å²) in [6.07, 6.45) is 1.51. The standard InChI is InChI=1S/C6H11N3OS2/c1-6(7,2-10)3-11-5-8-4-9-12-5/h4,10H,2-3,7H2,1H3. The van der Waals surface area contributed by atoms with Crippen molar-refractivity contribution in [1.29, 1.82) is 0 Å². The topological polar surface area (TPSA) is 72.0 Å². The molecule has 1 unspecified atom stereocenters. The molecule has 0 radical (unpaired) electrons. The molecule has 0 amide bonds. The lowest BCUT2D eigenvalue weighted by atomic mass is 10.1. The molecule has 0 bridgehead atoms. The molecular formula is C6H11N3OS2. The molecule has 1 atom stereocenters. The Kier molecular flexibility index (Phi) is 3.45. The molecule has 12 heavy (non-hydrogen) atoms. The fraction of sp³-hybridized carbons (Fsp3) is 0.667. The zero-order chi connectivity index (χ0) is 9.03. The minimum Gasteiger partial charge on any atom is -0.394 e. The van der Waals surface area contributed by atoms with Gasteiger partial charge in [0, 0.05) is 11.3 Å². The van der Waals surface area contributed by atoms with Crippen LogP contribution in [0.4, 0.5) is 0 Å². The van der Waals surface area contributed by atoms with Crippen LogP contribution >= 0.6 is 23.3 Å². The Balaban J connectivity index is 2.36. The molecule has 0 aromatic carbocycles. The number of aromatic nitrogens is 2. The van der Waals surface area contributed by atoms with Crippen LogP contribution in [0.5, 0.6) is 0 Å². The molecule has 6 heteroatoms. The lowest BCUT2D eigenvalue weighted by Gasteiger charge is -2.19. The third-order valence-electron chi connectivity index (χ3n) is 1.23. The zero-order valence-electron chi connectivity index (χ0n) is 6.73. The summed E-state index contributed by atoms with van der Waals surface area (Å²) in [6, 6.07) is 0. The van der Waals surface area contributed by atoms with E-state index in [0.29, 0.717) is 5.75 Å². The van der Waals surface area contributed by atoms with Gasteiger partial charge < -0.3 is 10.8 Å². The minimum absolute atomic E-state index is 0.0151. The SMILES string of the molecule is CC(N)(CO)CSc1ncns1. The van der Waals surface area contributed by atoms with Gasteiger partial charge in [0.2, 0.25) is 0 Å². The Morgan fingerprint density at radius 1 is 1.83 bits per heavy atom. The Hall–Kier alpha value is -0.170. The maximum absolute atomic E-state index is 8.85. The molecule has 68 valence electrons. The summed E-state index contributed by atoms with van der Waals surface area (Å²) in [6.45, 7) is 1.79. The van der Waals surface area contributed by atoms with E-state index >= 15 is 0 Å². The van der Waals surface area contributed by atoms with Crippen LogP contribution in [0.3, 0.4) is 0 Å². The van der Waals surface area contributed by atoms with Crippen molar-refractivity contribution >= 4 is 23.3 Å². The first kappa shape index (κ1) is 9.91. The van der Waals surface area contributed by atoms with Gasteiger partial charge >= 0.3 is 0 Å². The molecule has 0 saturated heterocycles. The third-order valence-corrected chi connectivity index (χ3v) is 3.42. The van der Waals surface area contributed by atoms with Crippen molar-refractivity contribution in [2.45, 2.75) is 16.8 Å². The smallest absolute Gasteiger partial charge is 0.169 e. The van der Waals surface area contributed by atoms with Crippen molar-refractivity contribution in [2.75, 3.05) is 12.4 Å². The fourth-order valence-electron chi connectivity index (χ4n) is 0.499. The number of aliphatic hydroxyl groups excluding tert-OH is 1. The zero-order valence-corrected chi connectivity index (χ0v) is 8.36. The summed E-state index contributed by atoms with van der Waals surface area (Å²) in [5.74, 6) is 0.651. The van der Waals surface area contributed by atoms with Crippen LogP contribution in [0.15, 0.2) is 10.7 Å². The van der Waals surface area contributed by atoms with Gasteiger partial charge in [-0.05, 0) is 18.5 Å². The van der Waals surface area contributed by atoms with E-state index in [1.54, 1.807) is 6.92 Å². The Bertz CT molecular complexity index is 225. The number of nitrogens with two attached hydrogens (primary N) is 1. The number of rotatable bonds is 4. The Labute approximate surface area is 79.4 Å². The summed E-state index contributed by atoms with van der Waals surface area (Å²) < 4.78 is 4.74. The van der Waals surface area contributed by atoms with Gasteiger partial charge in [0.1, 0.15) is 6.33 Å². The summed E-state index contributed by atoms with van der Waals surface area (Å²) in [5.41, 5.74) is 5.19. The molecule has 0 aliphatic rings. The molecule has 0 spiro atoms. The van der Waals surface area contributed by atoms with Gasteiger partial charge in [0.15, 0.2) is 4.34 Å². The highest BCUT2D eigenvalue weighted by molar-refractivity contribution is 8.01. The van der Waals surface area contributed by atoms with E-state index in [1.165, 1.54) is 29.6 Å². The summed E-state index contributed by atoms with van der Waals surface area (Å²) in [5, 5.41) is 8.85. The molecule has 1 aromatic rings. The predicted molar refractivity (Wildman–Crippen MR) is 50.3 cm³/mol. The van der Waals surface area contributed by atoms with Crippen LogP contribution in [0.1, 0.15) is 6.92 Å². The van der Waals surface area contributed by atoms with Gasteiger partial charge in [-0.15, -0.1) is 0 Å². The van der Waals surface area contributed by atoms with Crippen LogP contribution in [-0.2, 0) is 0 Å². The van der Waals surface area contributed by atoms with Crippen molar-refractivity contribution < 1.29 is 5.11 Å². The predicted octanol–water partition coefficient (Wildman–Crippen LogP) is 0.340. The van der Waals surface area contributed by atoms with Gasteiger partial charge in [-0.25, -0.2) is 4.98 Å². The van der Waals surface area contributed by atoms with Crippen molar-refractivity contribution in [2.24, 2.45) is 5.73 Å². The van der Waals surface area contributed by atoms with Crippen LogP contribution in [0.25, 0.3) is 0 Å². The molecule has 3 N–H and O–H groups in total. The van der Waals surface area contributed by atoms with Crippen molar-refractivity contribution in [1.82, 2.24) is 9.36 Å². The number of hydrogen-bond donors (Lipinski definition) is 2. The monoisotopic (exact) mass is 205 g/mol. The van der Waals surface area contributed by atoms with Gasteiger partial charge in [-0.3, -0.25) is 0 Å². The van der Waals surface area contributed by atoms with E-state index in [1.807, 2.05) is 0 Å². The Morgan fingerprint density at radius 2 is 2.58 bits per heavy atom. The molecular weight excluding hydrogens is 194 g/mol. The Morgan fingerprint density at radius 3 is 3.08 bits per heavy atom. The van der Waals surface area contributed by atoms with Gasteiger partial charge in [0.25, 0.3) is 0 Å². The number of thioether (sulfide) groups is 1. The first-order valence-electron chi connectivity index (χ1n) is 3.43. The summed E-state index contributed by atoms with van der Waals surface area (Å²) in [7, 11) is 0. The molecule has 0 aliphatic carbocycles. The molecule has 0 aliphatic heterocycles. The normalized spacial score (nSPS) is 15.9. The van der Waals surface area contributed by atoms with Gasteiger partial charge in [0.05, 0.1) is 6.61 Å². The first-order chi connectivity index (χ1) is 5.64. The van der Waals surface area contributed by atoms with Gasteiger partial charge in [-0.1, -0.05) is 11.8 Å². The second-order valence-corrected chi connectivity index (χ2v) is 4.81. The number of nitrogens with zero attached hydrogens (tertiary/aromatic N) is 2. The number of hydrogen-bond acceptors (Lipinski definition) is 6. The maximum atomic E-state index is 8.85. The first-order valence-corrected chi connectivity index (χ1v) is 5.19. The quantitative estimate of drug-likeness (QED) is 0.694. The highest BCUT2D eigenvalue weighted by Crippen LogP contribution is 2.21. The van der Waals surface area contributed by atoms with Crippen molar-refractivity contribution in [3.05, 3.63) is 6.33 Å². The van der Waals surface area contributed by atoms with E-state index in [-0.39, 0.29) is 6.61 Å². The molecule has 4 nitrogen and oxygen atoms in total.